The van der Waals surface area contributed by atoms with Crippen molar-refractivity contribution in [1.82, 2.24) is 4.90 Å². The molecule has 26 heavy (non-hydrogen) atoms. The van der Waals surface area contributed by atoms with Crippen LogP contribution in [0.4, 0.5) is 5.69 Å². The third-order valence-electron chi connectivity index (χ3n) is 5.46. The van der Waals surface area contributed by atoms with Crippen LogP contribution < -0.4 is 4.90 Å². The van der Waals surface area contributed by atoms with E-state index >= 15 is 0 Å². The van der Waals surface area contributed by atoms with E-state index in [-0.39, 0.29) is 18.1 Å². The molecule has 0 aromatic heterocycles. The molecule has 4 rings (SSSR count). The van der Waals surface area contributed by atoms with E-state index in [1.165, 1.54) is 5.56 Å². The number of nitrogens with zero attached hydrogens (tertiary/aromatic N) is 2. The van der Waals surface area contributed by atoms with Crippen molar-refractivity contribution in [2.75, 3.05) is 11.4 Å². The molecule has 136 valence electrons. The van der Waals surface area contributed by atoms with Gasteiger partial charge in [0.2, 0.25) is 5.91 Å². The van der Waals surface area contributed by atoms with E-state index in [1.807, 2.05) is 11.0 Å². The predicted molar refractivity (Wildman–Crippen MR) is 107 cm³/mol. The Morgan fingerprint density at radius 2 is 1.77 bits per heavy atom. The van der Waals surface area contributed by atoms with Gasteiger partial charge in [-0.25, -0.2) is 0 Å². The number of hydrogen-bond donors (Lipinski definition) is 0. The molecule has 0 aliphatic carbocycles. The summed E-state index contributed by atoms with van der Waals surface area (Å²) in [5, 5.41) is 0.971. The Kier molecular flexibility index (Phi) is 4.72. The van der Waals surface area contributed by atoms with Crippen LogP contribution in [-0.4, -0.2) is 23.4 Å². The Hall–Kier alpha value is -1.55. The molecular formula is C21H22Cl2N2O. The number of halogens is 2. The quantitative estimate of drug-likeness (QED) is 0.680. The maximum Gasteiger partial charge on any atom is 0.246 e. The fraction of sp³-hybridized carbons (Fsp3) is 0.381. The number of hydrogen-bond acceptors (Lipinski definition) is 2. The van der Waals surface area contributed by atoms with Crippen LogP contribution in [0.25, 0.3) is 0 Å². The van der Waals surface area contributed by atoms with E-state index in [9.17, 15) is 4.79 Å². The smallest absolute Gasteiger partial charge is 0.246 e. The zero-order chi connectivity index (χ0) is 18.4. The van der Waals surface area contributed by atoms with Gasteiger partial charge in [0.25, 0.3) is 0 Å². The fourth-order valence-electron chi connectivity index (χ4n) is 4.07. The SMILES string of the molecule is CC(C)c1ccc([C@H]2N(c3ccc(Cl)c(Cl)c3)C(=O)[C@@H]3CCCN32)cc1. The molecule has 1 amide bonds. The molecule has 0 unspecified atom stereocenters. The van der Waals surface area contributed by atoms with Crippen LogP contribution in [0.15, 0.2) is 42.5 Å². The second-order valence-electron chi connectivity index (χ2n) is 7.40. The molecule has 2 atom stereocenters. The molecule has 2 fully saturated rings. The van der Waals surface area contributed by atoms with Gasteiger partial charge in [0.05, 0.1) is 16.1 Å². The van der Waals surface area contributed by atoms with Gasteiger partial charge >= 0.3 is 0 Å². The van der Waals surface area contributed by atoms with Crippen molar-refractivity contribution in [2.24, 2.45) is 0 Å². The van der Waals surface area contributed by atoms with Crippen molar-refractivity contribution in [3.8, 4) is 0 Å². The van der Waals surface area contributed by atoms with E-state index < -0.39 is 0 Å². The van der Waals surface area contributed by atoms with E-state index in [4.69, 9.17) is 23.2 Å². The van der Waals surface area contributed by atoms with E-state index in [1.54, 1.807) is 12.1 Å². The van der Waals surface area contributed by atoms with Crippen LogP contribution in [0.2, 0.25) is 10.0 Å². The van der Waals surface area contributed by atoms with Crippen molar-refractivity contribution < 1.29 is 4.79 Å². The minimum absolute atomic E-state index is 0.0424. The molecule has 0 bridgehead atoms. The molecule has 0 N–H and O–H groups in total. The summed E-state index contributed by atoms with van der Waals surface area (Å²) < 4.78 is 0. The molecule has 2 saturated heterocycles. The van der Waals surface area contributed by atoms with Crippen LogP contribution in [0.1, 0.15) is 49.9 Å². The van der Waals surface area contributed by atoms with Crippen LogP contribution in [0.5, 0.6) is 0 Å². The van der Waals surface area contributed by atoms with Crippen molar-refractivity contribution in [3.05, 3.63) is 63.6 Å². The number of amides is 1. The summed E-state index contributed by atoms with van der Waals surface area (Å²) >= 11 is 12.3. The van der Waals surface area contributed by atoms with Crippen LogP contribution in [0.3, 0.4) is 0 Å². The van der Waals surface area contributed by atoms with Gasteiger partial charge in [0.15, 0.2) is 0 Å². The predicted octanol–water partition coefficient (Wildman–Crippen LogP) is 5.63. The molecule has 2 aromatic rings. The van der Waals surface area contributed by atoms with Gasteiger partial charge in [0, 0.05) is 12.2 Å². The average molecular weight is 389 g/mol. The normalized spacial score (nSPS) is 23.1. The fourth-order valence-corrected chi connectivity index (χ4v) is 4.37. The zero-order valence-electron chi connectivity index (χ0n) is 15.0. The number of anilines is 1. The third kappa shape index (κ3) is 2.92. The average Bonchev–Trinajstić information content (AvgIpc) is 3.20. The van der Waals surface area contributed by atoms with Gasteiger partial charge in [-0.05, 0) is 48.1 Å². The summed E-state index contributed by atoms with van der Waals surface area (Å²) in [6.07, 6.45) is 1.89. The lowest BCUT2D eigenvalue weighted by atomic mass is 10.0. The molecule has 2 heterocycles. The Bertz CT molecular complexity index is 834. The number of carbonyl (C=O) groups excluding carboxylic acids is 1. The minimum Gasteiger partial charge on any atom is -0.290 e. The summed E-state index contributed by atoms with van der Waals surface area (Å²) in [5.74, 6) is 0.638. The van der Waals surface area contributed by atoms with Crippen molar-refractivity contribution >= 4 is 34.8 Å². The summed E-state index contributed by atoms with van der Waals surface area (Å²) in [6.45, 7) is 5.31. The topological polar surface area (TPSA) is 23.6 Å². The van der Waals surface area contributed by atoms with E-state index in [0.717, 1.165) is 30.6 Å². The van der Waals surface area contributed by atoms with Crippen LogP contribution in [-0.2, 0) is 4.79 Å². The van der Waals surface area contributed by atoms with Crippen LogP contribution in [0, 0.1) is 0 Å². The summed E-state index contributed by atoms with van der Waals surface area (Å²) in [4.78, 5) is 17.4. The lowest BCUT2D eigenvalue weighted by molar-refractivity contribution is -0.119. The van der Waals surface area contributed by atoms with E-state index in [0.29, 0.717) is 16.0 Å². The molecule has 2 aliphatic heterocycles. The Balaban J connectivity index is 1.77. The second-order valence-corrected chi connectivity index (χ2v) is 8.21. The third-order valence-corrected chi connectivity index (χ3v) is 6.20. The van der Waals surface area contributed by atoms with Crippen LogP contribution >= 0.6 is 23.2 Å². The highest BCUT2D eigenvalue weighted by Crippen LogP contribution is 2.43. The highest BCUT2D eigenvalue weighted by molar-refractivity contribution is 6.42. The zero-order valence-corrected chi connectivity index (χ0v) is 16.5. The first-order chi connectivity index (χ1) is 12.5. The molecular weight excluding hydrogens is 367 g/mol. The highest BCUT2D eigenvalue weighted by Gasteiger charge is 2.49. The van der Waals surface area contributed by atoms with Gasteiger partial charge in [-0.3, -0.25) is 14.6 Å². The molecule has 2 aromatic carbocycles. The summed E-state index contributed by atoms with van der Waals surface area (Å²) in [6, 6.07) is 14.0. The molecule has 0 spiro atoms. The Labute approximate surface area is 164 Å². The van der Waals surface area contributed by atoms with Gasteiger partial charge in [-0.2, -0.15) is 0 Å². The highest BCUT2D eigenvalue weighted by atomic mass is 35.5. The standard InChI is InChI=1S/C21H22Cl2N2O/c1-13(2)14-5-7-15(8-6-14)20-24-11-3-4-19(24)21(26)25(20)16-9-10-17(22)18(23)12-16/h5-10,12-13,19-20H,3-4,11H2,1-2H3/t19-,20+/m0/s1. The summed E-state index contributed by atoms with van der Waals surface area (Å²) in [7, 11) is 0. The number of carbonyl (C=O) groups is 1. The van der Waals surface area contributed by atoms with Crippen molar-refractivity contribution in [3.63, 3.8) is 0 Å². The lowest BCUT2D eigenvalue weighted by Crippen LogP contribution is -2.32. The molecule has 5 heteroatoms. The van der Waals surface area contributed by atoms with E-state index in [2.05, 4.69) is 43.0 Å². The van der Waals surface area contributed by atoms with Crippen molar-refractivity contribution in [2.45, 2.75) is 44.8 Å². The van der Waals surface area contributed by atoms with Gasteiger partial charge < -0.3 is 0 Å². The van der Waals surface area contributed by atoms with Crippen molar-refractivity contribution in [1.29, 1.82) is 0 Å². The first-order valence-corrected chi connectivity index (χ1v) is 9.86. The second kappa shape index (κ2) is 6.88. The monoisotopic (exact) mass is 388 g/mol. The maximum atomic E-state index is 13.2. The first-order valence-electron chi connectivity index (χ1n) is 9.11. The lowest BCUT2D eigenvalue weighted by Gasteiger charge is -2.30. The largest absolute Gasteiger partial charge is 0.290 e. The molecule has 0 saturated carbocycles. The molecule has 0 radical (unpaired) electrons. The Morgan fingerprint density at radius 3 is 2.42 bits per heavy atom. The van der Waals surface area contributed by atoms with Gasteiger partial charge in [-0.1, -0.05) is 61.3 Å². The first kappa shape index (κ1) is 17.8. The van der Waals surface area contributed by atoms with Gasteiger partial charge in [0.1, 0.15) is 6.17 Å². The molecule has 2 aliphatic rings. The van der Waals surface area contributed by atoms with Gasteiger partial charge in [-0.15, -0.1) is 0 Å². The number of benzene rings is 2. The summed E-state index contributed by atoms with van der Waals surface area (Å²) in [5.41, 5.74) is 3.24. The Morgan fingerprint density at radius 1 is 1.04 bits per heavy atom. The number of fused-ring (bicyclic) bond motifs is 1. The maximum absolute atomic E-state index is 13.2. The minimum atomic E-state index is -0.0894. The molecule has 3 nitrogen and oxygen atoms in total. The number of rotatable bonds is 3.